The summed E-state index contributed by atoms with van der Waals surface area (Å²) in [7, 11) is 0. The Balaban J connectivity index is 2.28. The Kier molecular flexibility index (Phi) is 3.62. The topological polar surface area (TPSA) is 68.0 Å². The summed E-state index contributed by atoms with van der Waals surface area (Å²) >= 11 is 3.35. The van der Waals surface area contributed by atoms with Gasteiger partial charge in [-0.15, -0.1) is 0 Å². The second-order valence-corrected chi connectivity index (χ2v) is 4.77. The maximum absolute atomic E-state index is 12.0. The van der Waals surface area contributed by atoms with Gasteiger partial charge in [-0.3, -0.25) is 9.78 Å². The summed E-state index contributed by atoms with van der Waals surface area (Å²) in [5, 5.41) is 2.77. The molecular weight excluding hydrogens is 294 g/mol. The maximum atomic E-state index is 12.0. The number of anilines is 2. The van der Waals surface area contributed by atoms with Gasteiger partial charge in [0, 0.05) is 10.7 Å². The van der Waals surface area contributed by atoms with Crippen molar-refractivity contribution >= 4 is 33.2 Å². The van der Waals surface area contributed by atoms with Crippen LogP contribution in [-0.4, -0.2) is 10.9 Å². The predicted molar refractivity (Wildman–Crippen MR) is 75.5 cm³/mol. The molecule has 4 nitrogen and oxygen atoms in total. The highest BCUT2D eigenvalue weighted by molar-refractivity contribution is 9.10. The van der Waals surface area contributed by atoms with Gasteiger partial charge in [0.2, 0.25) is 0 Å². The molecule has 0 fully saturated rings. The molecule has 1 aromatic heterocycles. The van der Waals surface area contributed by atoms with E-state index in [1.807, 2.05) is 13.0 Å². The number of halogens is 1. The van der Waals surface area contributed by atoms with Crippen LogP contribution in [0.5, 0.6) is 0 Å². The number of hydrogen-bond acceptors (Lipinski definition) is 3. The molecule has 2 rings (SSSR count). The van der Waals surface area contributed by atoms with Crippen molar-refractivity contribution in [3.63, 3.8) is 0 Å². The summed E-state index contributed by atoms with van der Waals surface area (Å²) in [6, 6.07) is 8.82. The molecule has 92 valence electrons. The zero-order valence-corrected chi connectivity index (χ0v) is 11.4. The quantitative estimate of drug-likeness (QED) is 0.838. The van der Waals surface area contributed by atoms with Crippen molar-refractivity contribution in [1.82, 2.24) is 4.98 Å². The van der Waals surface area contributed by atoms with Gasteiger partial charge in [0.05, 0.1) is 11.4 Å². The number of nitrogens with zero attached hydrogens (tertiary/aromatic N) is 1. The second kappa shape index (κ2) is 5.18. The average Bonchev–Trinajstić information content (AvgIpc) is 2.34. The summed E-state index contributed by atoms with van der Waals surface area (Å²) in [6.45, 7) is 1.88. The molecular formula is C13H12BrN3O. The van der Waals surface area contributed by atoms with E-state index in [1.54, 1.807) is 30.5 Å². The third-order valence-corrected chi connectivity index (χ3v) is 2.92. The van der Waals surface area contributed by atoms with Gasteiger partial charge in [-0.2, -0.15) is 0 Å². The Morgan fingerprint density at radius 2 is 2.17 bits per heavy atom. The molecule has 1 heterocycles. The molecule has 1 aromatic carbocycles. The van der Waals surface area contributed by atoms with E-state index >= 15 is 0 Å². The molecule has 3 N–H and O–H groups in total. The zero-order valence-electron chi connectivity index (χ0n) is 9.77. The Labute approximate surface area is 113 Å². The number of benzene rings is 1. The second-order valence-electron chi connectivity index (χ2n) is 3.86. The lowest BCUT2D eigenvalue weighted by atomic mass is 10.1. The van der Waals surface area contributed by atoms with E-state index in [-0.39, 0.29) is 5.91 Å². The third-order valence-electron chi connectivity index (χ3n) is 2.47. The van der Waals surface area contributed by atoms with E-state index in [4.69, 9.17) is 5.73 Å². The zero-order chi connectivity index (χ0) is 13.1. The maximum Gasteiger partial charge on any atom is 0.274 e. The normalized spacial score (nSPS) is 10.1. The van der Waals surface area contributed by atoms with Crippen molar-refractivity contribution in [3.8, 4) is 0 Å². The first-order chi connectivity index (χ1) is 8.58. The fourth-order valence-electron chi connectivity index (χ4n) is 1.61. The van der Waals surface area contributed by atoms with Gasteiger partial charge in [0.25, 0.3) is 5.91 Å². The largest absolute Gasteiger partial charge is 0.397 e. The third kappa shape index (κ3) is 2.68. The van der Waals surface area contributed by atoms with Gasteiger partial charge in [-0.05, 0) is 36.8 Å². The number of nitrogens with two attached hydrogens (primary N) is 1. The lowest BCUT2D eigenvalue weighted by Crippen LogP contribution is -2.15. The first kappa shape index (κ1) is 12.6. The molecule has 0 bridgehead atoms. The van der Waals surface area contributed by atoms with Crippen LogP contribution in [0, 0.1) is 6.92 Å². The number of carbonyl (C=O) groups excluding carboxylic acids is 1. The van der Waals surface area contributed by atoms with Crippen LogP contribution in [0.15, 0.2) is 41.0 Å². The number of aromatic nitrogens is 1. The van der Waals surface area contributed by atoms with E-state index in [9.17, 15) is 4.79 Å². The predicted octanol–water partition coefficient (Wildman–Crippen LogP) is 2.99. The van der Waals surface area contributed by atoms with Crippen LogP contribution in [0.3, 0.4) is 0 Å². The summed E-state index contributed by atoms with van der Waals surface area (Å²) in [5.74, 6) is -0.271. The van der Waals surface area contributed by atoms with Crippen LogP contribution >= 0.6 is 15.9 Å². The number of aryl methyl sites for hydroxylation is 1. The van der Waals surface area contributed by atoms with Gasteiger partial charge in [-0.1, -0.05) is 22.0 Å². The molecule has 0 saturated carbocycles. The molecule has 0 atom stereocenters. The Morgan fingerprint density at radius 1 is 1.39 bits per heavy atom. The van der Waals surface area contributed by atoms with Gasteiger partial charge in [-0.25, -0.2) is 0 Å². The van der Waals surface area contributed by atoms with Gasteiger partial charge >= 0.3 is 0 Å². The molecule has 1 amide bonds. The number of pyridine rings is 1. The number of hydrogen-bond donors (Lipinski definition) is 2. The van der Waals surface area contributed by atoms with E-state index < -0.39 is 0 Å². The average molecular weight is 306 g/mol. The fraction of sp³-hybridized carbons (Fsp3) is 0.0769. The van der Waals surface area contributed by atoms with Gasteiger partial charge < -0.3 is 11.1 Å². The van der Waals surface area contributed by atoms with Crippen molar-refractivity contribution in [2.45, 2.75) is 6.92 Å². The Hall–Kier alpha value is -1.88. The van der Waals surface area contributed by atoms with Gasteiger partial charge in [0.1, 0.15) is 5.69 Å². The van der Waals surface area contributed by atoms with E-state index in [1.165, 1.54) is 0 Å². The SMILES string of the molecule is Cc1cc(Br)cc(N)c1NC(=O)c1ccccn1. The number of nitrogens with one attached hydrogen (secondary N) is 1. The lowest BCUT2D eigenvalue weighted by molar-refractivity contribution is 0.102. The molecule has 0 saturated heterocycles. The highest BCUT2D eigenvalue weighted by Gasteiger charge is 2.11. The van der Waals surface area contributed by atoms with Crippen LogP contribution < -0.4 is 11.1 Å². The van der Waals surface area contributed by atoms with Crippen LogP contribution in [0.25, 0.3) is 0 Å². The highest BCUT2D eigenvalue weighted by atomic mass is 79.9. The fourth-order valence-corrected chi connectivity index (χ4v) is 2.20. The number of rotatable bonds is 2. The minimum absolute atomic E-state index is 0.271. The molecule has 0 aliphatic heterocycles. The van der Waals surface area contributed by atoms with Crippen LogP contribution in [0.1, 0.15) is 16.1 Å². The van der Waals surface area contributed by atoms with Crippen molar-refractivity contribution < 1.29 is 4.79 Å². The van der Waals surface area contributed by atoms with E-state index in [2.05, 4.69) is 26.2 Å². The molecule has 5 heteroatoms. The highest BCUT2D eigenvalue weighted by Crippen LogP contribution is 2.28. The van der Waals surface area contributed by atoms with Crippen LogP contribution in [0.2, 0.25) is 0 Å². The number of carbonyl (C=O) groups is 1. The lowest BCUT2D eigenvalue weighted by Gasteiger charge is -2.11. The van der Waals surface area contributed by atoms with Crippen molar-refractivity contribution in [2.75, 3.05) is 11.1 Å². The van der Waals surface area contributed by atoms with Crippen molar-refractivity contribution in [3.05, 3.63) is 52.3 Å². The van der Waals surface area contributed by atoms with Crippen molar-refractivity contribution in [2.24, 2.45) is 0 Å². The van der Waals surface area contributed by atoms with Crippen LogP contribution in [0.4, 0.5) is 11.4 Å². The molecule has 0 unspecified atom stereocenters. The molecule has 0 spiro atoms. The minimum Gasteiger partial charge on any atom is -0.397 e. The standard InChI is InChI=1S/C13H12BrN3O/c1-8-6-9(14)7-10(15)12(8)17-13(18)11-4-2-3-5-16-11/h2-7H,15H2,1H3,(H,17,18). The van der Waals surface area contributed by atoms with E-state index in [0.29, 0.717) is 17.1 Å². The van der Waals surface area contributed by atoms with Gasteiger partial charge in [0.15, 0.2) is 0 Å². The first-order valence-electron chi connectivity index (χ1n) is 5.36. The first-order valence-corrected chi connectivity index (χ1v) is 6.15. The molecule has 18 heavy (non-hydrogen) atoms. The Bertz CT molecular complexity index is 561. The molecule has 0 aliphatic rings. The number of amides is 1. The Morgan fingerprint density at radius 3 is 2.78 bits per heavy atom. The monoisotopic (exact) mass is 305 g/mol. The summed E-state index contributed by atoms with van der Waals surface area (Å²) in [6.07, 6.45) is 1.58. The van der Waals surface area contributed by atoms with Crippen molar-refractivity contribution in [1.29, 1.82) is 0 Å². The summed E-state index contributed by atoms with van der Waals surface area (Å²) in [5.41, 5.74) is 8.28. The summed E-state index contributed by atoms with van der Waals surface area (Å²) < 4.78 is 0.883. The van der Waals surface area contributed by atoms with Crippen LogP contribution in [-0.2, 0) is 0 Å². The minimum atomic E-state index is -0.271. The van der Waals surface area contributed by atoms with E-state index in [0.717, 1.165) is 10.0 Å². The molecule has 0 radical (unpaired) electrons. The number of nitrogen functional groups attached to an aromatic ring is 1. The molecule has 2 aromatic rings. The smallest absolute Gasteiger partial charge is 0.274 e. The molecule has 0 aliphatic carbocycles. The summed E-state index contributed by atoms with van der Waals surface area (Å²) in [4.78, 5) is 16.0.